The van der Waals surface area contributed by atoms with Gasteiger partial charge in [-0.25, -0.2) is 14.4 Å². The lowest BCUT2D eigenvalue weighted by Crippen LogP contribution is -2.40. The summed E-state index contributed by atoms with van der Waals surface area (Å²) in [5, 5.41) is 0. The number of benzene rings is 3. The SMILES string of the molecule is CCOC(=O)C1CCCN(C(=O)OCc2ccccc2)CC1=O.CCOC(=O)C1CN(C(=O)OCc2ccccc2)CCCC1=O.O=C1CCCN(C(=O)OCc2ccccc2)C1. The number of carbonyl (C=O) groups excluding carboxylic acids is 8. The van der Waals surface area contributed by atoms with Gasteiger partial charge in [0, 0.05) is 39.0 Å². The molecular formula is C47H57N3O13. The Labute approximate surface area is 367 Å². The number of ether oxygens (including phenoxy) is 5. The second-order valence-corrected chi connectivity index (χ2v) is 14.8. The van der Waals surface area contributed by atoms with Gasteiger partial charge in [-0.1, -0.05) is 91.0 Å². The number of piperidine rings is 1. The van der Waals surface area contributed by atoms with Crippen LogP contribution in [-0.2, 0) is 67.5 Å². The molecule has 63 heavy (non-hydrogen) atoms. The molecule has 0 radical (unpaired) electrons. The Morgan fingerprint density at radius 3 is 1.38 bits per heavy atom. The van der Waals surface area contributed by atoms with Crippen LogP contribution >= 0.6 is 0 Å². The average molecular weight is 872 g/mol. The fourth-order valence-electron chi connectivity index (χ4n) is 6.74. The maximum absolute atomic E-state index is 12.2. The third-order valence-electron chi connectivity index (χ3n) is 10.1. The van der Waals surface area contributed by atoms with Crippen LogP contribution in [-0.4, -0.2) is 115 Å². The van der Waals surface area contributed by atoms with Crippen LogP contribution in [0, 0.1) is 11.8 Å². The molecule has 3 aromatic rings. The van der Waals surface area contributed by atoms with Crippen LogP contribution in [0.15, 0.2) is 91.0 Å². The van der Waals surface area contributed by atoms with Gasteiger partial charge < -0.3 is 38.4 Å². The van der Waals surface area contributed by atoms with Gasteiger partial charge in [-0.2, -0.15) is 0 Å². The number of hydrogen-bond donors (Lipinski definition) is 0. The van der Waals surface area contributed by atoms with Crippen molar-refractivity contribution in [3.05, 3.63) is 108 Å². The van der Waals surface area contributed by atoms with Gasteiger partial charge in [0.1, 0.15) is 37.4 Å². The first-order valence-electron chi connectivity index (χ1n) is 21.3. The number of hydrogen-bond acceptors (Lipinski definition) is 13. The summed E-state index contributed by atoms with van der Waals surface area (Å²) >= 11 is 0. The molecule has 0 aliphatic carbocycles. The van der Waals surface area contributed by atoms with E-state index in [1.54, 1.807) is 13.8 Å². The lowest BCUT2D eigenvalue weighted by Gasteiger charge is -2.24. The number of nitrogens with zero attached hydrogens (tertiary/aromatic N) is 3. The molecular weight excluding hydrogens is 815 g/mol. The van der Waals surface area contributed by atoms with Crippen LogP contribution in [0.2, 0.25) is 0 Å². The molecule has 16 nitrogen and oxygen atoms in total. The number of esters is 2. The maximum atomic E-state index is 12.2. The molecule has 3 aliphatic rings. The van der Waals surface area contributed by atoms with Crippen molar-refractivity contribution in [3.8, 4) is 0 Å². The van der Waals surface area contributed by atoms with Crippen molar-refractivity contribution in [2.45, 2.75) is 72.2 Å². The van der Waals surface area contributed by atoms with E-state index in [9.17, 15) is 38.4 Å². The minimum absolute atomic E-state index is 0.0191. The quantitative estimate of drug-likeness (QED) is 0.125. The molecule has 6 rings (SSSR count). The summed E-state index contributed by atoms with van der Waals surface area (Å²) in [7, 11) is 0. The number of rotatable bonds is 10. The van der Waals surface area contributed by atoms with E-state index in [1.807, 2.05) is 91.0 Å². The molecule has 3 aromatic carbocycles. The lowest BCUT2D eigenvalue weighted by atomic mass is 10.00. The molecule has 0 spiro atoms. The second-order valence-electron chi connectivity index (χ2n) is 14.8. The molecule has 2 unspecified atom stereocenters. The molecule has 0 saturated carbocycles. The largest absolute Gasteiger partial charge is 0.465 e. The summed E-state index contributed by atoms with van der Waals surface area (Å²) in [6.07, 6.45) is 1.62. The minimum atomic E-state index is -0.915. The summed E-state index contributed by atoms with van der Waals surface area (Å²) < 4.78 is 25.5. The predicted octanol–water partition coefficient (Wildman–Crippen LogP) is 6.32. The van der Waals surface area contributed by atoms with E-state index in [0.717, 1.165) is 23.1 Å². The Morgan fingerprint density at radius 2 is 0.905 bits per heavy atom. The highest BCUT2D eigenvalue weighted by molar-refractivity contribution is 6.01. The standard InChI is InChI=1S/2C17H21NO5.C13H15NO3/c1-2-22-16(20)14-11-18(10-6-9-15(14)19)17(21)23-12-13-7-4-3-5-8-13;1-2-22-16(20)14-9-6-10-18(11-15(14)19)17(21)23-12-13-7-4-3-5-8-13;15-12-7-4-8-14(9-12)13(16)17-10-11-5-2-1-3-6-11/h2*3-5,7-8,14H,2,6,9-12H2,1H3;1-3,5-6H,4,7-10H2. The smallest absolute Gasteiger partial charge is 0.410 e. The monoisotopic (exact) mass is 871 g/mol. The Morgan fingerprint density at radius 1 is 0.492 bits per heavy atom. The molecule has 0 aromatic heterocycles. The zero-order chi connectivity index (χ0) is 45.4. The van der Waals surface area contributed by atoms with Gasteiger partial charge in [0.25, 0.3) is 0 Å². The first-order chi connectivity index (χ1) is 30.5. The Balaban J connectivity index is 0.000000210. The highest BCUT2D eigenvalue weighted by Gasteiger charge is 2.35. The van der Waals surface area contributed by atoms with Crippen LogP contribution in [0.4, 0.5) is 14.4 Å². The van der Waals surface area contributed by atoms with Gasteiger partial charge in [-0.15, -0.1) is 0 Å². The first-order valence-corrected chi connectivity index (χ1v) is 21.3. The molecule has 0 bridgehead atoms. The van der Waals surface area contributed by atoms with Crippen molar-refractivity contribution < 1.29 is 62.0 Å². The van der Waals surface area contributed by atoms with Gasteiger partial charge in [0.2, 0.25) is 0 Å². The summed E-state index contributed by atoms with van der Waals surface area (Å²) in [5.74, 6) is -3.13. The Bertz CT molecular complexity index is 1960. The van der Waals surface area contributed by atoms with Gasteiger partial charge >= 0.3 is 30.2 Å². The summed E-state index contributed by atoms with van der Waals surface area (Å²) in [6.45, 7) is 5.91. The molecule has 3 amide bonds. The third-order valence-corrected chi connectivity index (χ3v) is 10.1. The van der Waals surface area contributed by atoms with E-state index in [2.05, 4.69) is 0 Å². The van der Waals surface area contributed by atoms with Crippen LogP contribution in [0.3, 0.4) is 0 Å². The van der Waals surface area contributed by atoms with Gasteiger partial charge in [0.05, 0.1) is 26.3 Å². The van der Waals surface area contributed by atoms with E-state index in [4.69, 9.17) is 23.7 Å². The number of carbonyl (C=O) groups is 8. The predicted molar refractivity (Wildman–Crippen MR) is 228 cm³/mol. The summed E-state index contributed by atoms with van der Waals surface area (Å²) in [4.78, 5) is 99.2. The van der Waals surface area contributed by atoms with E-state index in [-0.39, 0.29) is 76.4 Å². The van der Waals surface area contributed by atoms with Crippen molar-refractivity contribution in [1.29, 1.82) is 0 Å². The van der Waals surface area contributed by atoms with Gasteiger partial charge in [0.15, 0.2) is 11.6 Å². The van der Waals surface area contributed by atoms with Crippen LogP contribution < -0.4 is 0 Å². The molecule has 3 fully saturated rings. The van der Waals surface area contributed by atoms with E-state index in [1.165, 1.54) is 14.7 Å². The van der Waals surface area contributed by atoms with Crippen molar-refractivity contribution >= 4 is 47.6 Å². The molecule has 3 saturated heterocycles. The molecule has 0 N–H and O–H groups in total. The van der Waals surface area contributed by atoms with Crippen molar-refractivity contribution in [1.82, 2.24) is 14.7 Å². The zero-order valence-electron chi connectivity index (χ0n) is 36.0. The molecule has 3 aliphatic heterocycles. The van der Waals surface area contributed by atoms with Crippen molar-refractivity contribution in [2.24, 2.45) is 11.8 Å². The normalized spacial score (nSPS) is 17.6. The Hall–Kier alpha value is -6.58. The summed E-state index contributed by atoms with van der Waals surface area (Å²) in [5.41, 5.74) is 2.71. The number of likely N-dealkylation sites (tertiary alicyclic amines) is 3. The van der Waals surface area contributed by atoms with Crippen LogP contribution in [0.5, 0.6) is 0 Å². The second kappa shape index (κ2) is 26.7. The molecule has 16 heteroatoms. The van der Waals surface area contributed by atoms with E-state index >= 15 is 0 Å². The van der Waals surface area contributed by atoms with Crippen LogP contribution in [0.1, 0.15) is 69.1 Å². The third kappa shape index (κ3) is 17.0. The highest BCUT2D eigenvalue weighted by atomic mass is 16.6. The number of ketones is 3. The highest BCUT2D eigenvalue weighted by Crippen LogP contribution is 2.19. The zero-order valence-corrected chi connectivity index (χ0v) is 36.0. The number of Topliss-reactive ketones (excluding diaryl/α,β-unsaturated/α-hetero) is 3. The summed E-state index contributed by atoms with van der Waals surface area (Å²) in [6, 6.07) is 28.2. The van der Waals surface area contributed by atoms with Crippen LogP contribution in [0.25, 0.3) is 0 Å². The first kappa shape index (κ1) is 49.1. The lowest BCUT2D eigenvalue weighted by molar-refractivity contribution is -0.153. The maximum Gasteiger partial charge on any atom is 0.410 e. The molecule has 2 atom stereocenters. The molecule has 3 heterocycles. The van der Waals surface area contributed by atoms with Crippen molar-refractivity contribution in [2.75, 3.05) is 52.5 Å². The number of amides is 3. The fourth-order valence-corrected chi connectivity index (χ4v) is 6.74. The fraction of sp³-hybridized carbons (Fsp3) is 0.447. The topological polar surface area (TPSA) is 192 Å². The van der Waals surface area contributed by atoms with E-state index < -0.39 is 42.1 Å². The minimum Gasteiger partial charge on any atom is -0.465 e. The van der Waals surface area contributed by atoms with Gasteiger partial charge in [-0.3, -0.25) is 24.0 Å². The van der Waals surface area contributed by atoms with Crippen molar-refractivity contribution in [3.63, 3.8) is 0 Å². The average Bonchev–Trinajstić information content (AvgIpc) is 3.63. The van der Waals surface area contributed by atoms with Gasteiger partial charge in [-0.05, 0) is 56.2 Å². The van der Waals surface area contributed by atoms with E-state index in [0.29, 0.717) is 45.3 Å². The Kier molecular flexibility index (Phi) is 20.8. The molecule has 338 valence electrons.